The van der Waals surface area contributed by atoms with Crippen LogP contribution in [0.2, 0.25) is 0 Å². The molecule has 104 valence electrons. The smallest absolute Gasteiger partial charge is 0.245 e. The number of nitrogens with two attached hydrogens (primary N) is 1. The van der Waals surface area contributed by atoms with Gasteiger partial charge >= 0.3 is 0 Å². The number of carbonyl (C=O) groups excluding carboxylic acids is 1. The molecule has 0 aliphatic carbocycles. The van der Waals surface area contributed by atoms with Crippen molar-refractivity contribution < 1.29 is 4.79 Å². The summed E-state index contributed by atoms with van der Waals surface area (Å²) in [6.07, 6.45) is 5.59. The van der Waals surface area contributed by atoms with E-state index in [-0.39, 0.29) is 11.9 Å². The van der Waals surface area contributed by atoms with Crippen LogP contribution in [-0.4, -0.2) is 22.3 Å². The van der Waals surface area contributed by atoms with Gasteiger partial charge in [-0.15, -0.1) is 11.3 Å². The molecule has 4 nitrogen and oxygen atoms in total. The Kier molecular flexibility index (Phi) is 3.80. The summed E-state index contributed by atoms with van der Waals surface area (Å²) in [5.74, 6) is 0.0128. The highest BCUT2D eigenvalue weighted by Crippen LogP contribution is 2.33. The van der Waals surface area contributed by atoms with Crippen LogP contribution in [0.25, 0.3) is 0 Å². The lowest BCUT2D eigenvalue weighted by Crippen LogP contribution is -2.37. The van der Waals surface area contributed by atoms with Gasteiger partial charge in [-0.2, -0.15) is 0 Å². The number of thiophene rings is 1. The molecule has 1 aliphatic rings. The minimum absolute atomic E-state index is 0.0128. The van der Waals surface area contributed by atoms with Crippen LogP contribution >= 0.6 is 11.3 Å². The molecule has 2 atom stereocenters. The quantitative estimate of drug-likeness (QED) is 0.943. The third-order valence-electron chi connectivity index (χ3n) is 3.72. The molecule has 0 spiro atoms. The first-order valence-electron chi connectivity index (χ1n) is 6.77. The van der Waals surface area contributed by atoms with Crippen molar-refractivity contribution in [3.63, 3.8) is 0 Å². The summed E-state index contributed by atoms with van der Waals surface area (Å²) in [6, 6.07) is 7.35. The predicted octanol–water partition coefficient (Wildman–Crippen LogP) is 2.51. The van der Waals surface area contributed by atoms with Crippen LogP contribution in [0.5, 0.6) is 0 Å². The third kappa shape index (κ3) is 2.46. The number of amides is 1. The van der Waals surface area contributed by atoms with Gasteiger partial charge in [-0.3, -0.25) is 9.78 Å². The van der Waals surface area contributed by atoms with Gasteiger partial charge < -0.3 is 10.6 Å². The Labute approximate surface area is 122 Å². The van der Waals surface area contributed by atoms with Crippen molar-refractivity contribution >= 4 is 17.2 Å². The van der Waals surface area contributed by atoms with E-state index in [1.165, 1.54) is 11.3 Å². The van der Waals surface area contributed by atoms with Crippen LogP contribution in [0, 0.1) is 0 Å². The van der Waals surface area contributed by atoms with Gasteiger partial charge in [0.2, 0.25) is 5.91 Å². The van der Waals surface area contributed by atoms with Gasteiger partial charge in [0.15, 0.2) is 0 Å². The Bertz CT molecular complexity index is 570. The highest BCUT2D eigenvalue weighted by atomic mass is 32.1. The van der Waals surface area contributed by atoms with Gasteiger partial charge in [0, 0.05) is 23.8 Å². The lowest BCUT2D eigenvalue weighted by molar-refractivity contribution is -0.133. The number of likely N-dealkylation sites (tertiary alicyclic amines) is 1. The minimum atomic E-state index is -0.549. The van der Waals surface area contributed by atoms with Crippen molar-refractivity contribution in [2.75, 3.05) is 6.54 Å². The lowest BCUT2D eigenvalue weighted by Gasteiger charge is -2.27. The fraction of sp³-hybridized carbons (Fsp3) is 0.333. The minimum Gasteiger partial charge on any atom is -0.334 e. The molecule has 1 aliphatic heterocycles. The molecule has 0 bridgehead atoms. The second-order valence-corrected chi connectivity index (χ2v) is 5.95. The van der Waals surface area contributed by atoms with Crippen LogP contribution in [-0.2, 0) is 4.79 Å². The summed E-state index contributed by atoms with van der Waals surface area (Å²) in [7, 11) is 0. The van der Waals surface area contributed by atoms with Gasteiger partial charge in [-0.1, -0.05) is 12.1 Å². The van der Waals surface area contributed by atoms with Crippen molar-refractivity contribution in [2.45, 2.75) is 24.9 Å². The normalized spacial score (nSPS) is 20.1. The summed E-state index contributed by atoms with van der Waals surface area (Å²) in [5.41, 5.74) is 7.20. The summed E-state index contributed by atoms with van der Waals surface area (Å²) in [6.45, 7) is 0.775. The standard InChI is InChI=1S/C15H17N3OS/c16-14(13-6-3-9-20-13)15(19)18-8-2-5-12(18)11-4-1-7-17-10-11/h1,3-4,6-7,9-10,12,14H,2,5,8,16H2. The molecule has 2 aromatic heterocycles. The Morgan fingerprint density at radius 3 is 3.05 bits per heavy atom. The average molecular weight is 287 g/mol. The van der Waals surface area contributed by atoms with Crippen molar-refractivity contribution in [3.8, 4) is 0 Å². The molecule has 3 heterocycles. The van der Waals surface area contributed by atoms with E-state index in [2.05, 4.69) is 4.98 Å². The molecular weight excluding hydrogens is 270 g/mol. The van der Waals surface area contributed by atoms with E-state index in [0.717, 1.165) is 29.8 Å². The summed E-state index contributed by atoms with van der Waals surface area (Å²) < 4.78 is 0. The molecule has 2 unspecified atom stereocenters. The maximum Gasteiger partial charge on any atom is 0.245 e. The average Bonchev–Trinajstić information content (AvgIpc) is 3.17. The highest BCUT2D eigenvalue weighted by Gasteiger charge is 2.33. The van der Waals surface area contributed by atoms with E-state index in [4.69, 9.17) is 5.73 Å². The first kappa shape index (κ1) is 13.3. The maximum absolute atomic E-state index is 12.6. The number of pyridine rings is 1. The van der Waals surface area contributed by atoms with Crippen LogP contribution in [0.4, 0.5) is 0 Å². The number of aromatic nitrogens is 1. The molecule has 5 heteroatoms. The second-order valence-electron chi connectivity index (χ2n) is 4.97. The predicted molar refractivity (Wildman–Crippen MR) is 79.2 cm³/mol. The fourth-order valence-corrected chi connectivity index (χ4v) is 3.44. The zero-order valence-electron chi connectivity index (χ0n) is 11.1. The molecule has 1 saturated heterocycles. The molecule has 0 saturated carbocycles. The first-order chi connectivity index (χ1) is 9.77. The van der Waals surface area contributed by atoms with Crippen molar-refractivity contribution in [1.29, 1.82) is 0 Å². The van der Waals surface area contributed by atoms with E-state index in [9.17, 15) is 4.79 Å². The zero-order valence-corrected chi connectivity index (χ0v) is 11.9. The molecule has 1 fully saturated rings. The van der Waals surface area contributed by atoms with Crippen LogP contribution in [0.1, 0.15) is 35.4 Å². The van der Waals surface area contributed by atoms with Crippen LogP contribution in [0.15, 0.2) is 42.0 Å². The molecule has 2 N–H and O–H groups in total. The maximum atomic E-state index is 12.6. The molecule has 0 radical (unpaired) electrons. The van der Waals surface area contributed by atoms with Gasteiger partial charge in [0.05, 0.1) is 6.04 Å². The Morgan fingerprint density at radius 1 is 1.45 bits per heavy atom. The zero-order chi connectivity index (χ0) is 13.9. The van der Waals surface area contributed by atoms with Crippen LogP contribution < -0.4 is 5.73 Å². The molecule has 0 aromatic carbocycles. The topological polar surface area (TPSA) is 59.2 Å². The van der Waals surface area contributed by atoms with Gasteiger partial charge in [-0.25, -0.2) is 0 Å². The molecule has 1 amide bonds. The summed E-state index contributed by atoms with van der Waals surface area (Å²) in [4.78, 5) is 19.6. The van der Waals surface area contributed by atoms with Crippen molar-refractivity contribution in [2.24, 2.45) is 5.73 Å². The SMILES string of the molecule is NC(C(=O)N1CCCC1c1cccnc1)c1cccs1. The Morgan fingerprint density at radius 2 is 2.35 bits per heavy atom. The summed E-state index contributed by atoms with van der Waals surface area (Å²) in [5, 5.41) is 1.95. The monoisotopic (exact) mass is 287 g/mol. The van der Waals surface area contributed by atoms with E-state index in [1.54, 1.807) is 6.20 Å². The first-order valence-corrected chi connectivity index (χ1v) is 7.65. The van der Waals surface area contributed by atoms with E-state index in [1.807, 2.05) is 40.7 Å². The number of hydrogen-bond donors (Lipinski definition) is 1. The Hall–Kier alpha value is -1.72. The lowest BCUT2D eigenvalue weighted by atomic mass is 10.1. The molecule has 3 rings (SSSR count). The van der Waals surface area contributed by atoms with Crippen molar-refractivity contribution in [1.82, 2.24) is 9.88 Å². The second kappa shape index (κ2) is 5.73. The van der Waals surface area contributed by atoms with Gasteiger partial charge in [0.1, 0.15) is 6.04 Å². The third-order valence-corrected chi connectivity index (χ3v) is 4.68. The molecule has 2 aromatic rings. The highest BCUT2D eigenvalue weighted by molar-refractivity contribution is 7.10. The molecule has 20 heavy (non-hydrogen) atoms. The van der Waals surface area contributed by atoms with E-state index >= 15 is 0 Å². The number of nitrogens with zero attached hydrogens (tertiary/aromatic N) is 2. The number of carbonyl (C=O) groups is 1. The Balaban J connectivity index is 1.80. The van der Waals surface area contributed by atoms with Crippen molar-refractivity contribution in [3.05, 3.63) is 52.5 Å². The number of hydrogen-bond acceptors (Lipinski definition) is 4. The van der Waals surface area contributed by atoms with E-state index < -0.39 is 6.04 Å². The fourth-order valence-electron chi connectivity index (χ4n) is 2.72. The van der Waals surface area contributed by atoms with Gasteiger partial charge in [0.25, 0.3) is 0 Å². The van der Waals surface area contributed by atoms with Crippen LogP contribution in [0.3, 0.4) is 0 Å². The van der Waals surface area contributed by atoms with E-state index in [0.29, 0.717) is 0 Å². The molecular formula is C15H17N3OS. The van der Waals surface area contributed by atoms with Gasteiger partial charge in [-0.05, 0) is 35.9 Å². The largest absolute Gasteiger partial charge is 0.334 e. The number of rotatable bonds is 3. The summed E-state index contributed by atoms with van der Waals surface area (Å²) >= 11 is 1.53.